The molecule has 1 aliphatic heterocycles. The van der Waals surface area contributed by atoms with E-state index in [1.165, 1.54) is 4.31 Å². The van der Waals surface area contributed by atoms with E-state index in [2.05, 4.69) is 5.32 Å². The molecule has 0 radical (unpaired) electrons. The highest BCUT2D eigenvalue weighted by Crippen LogP contribution is 2.23. The van der Waals surface area contributed by atoms with Crippen LogP contribution in [0.1, 0.15) is 24.0 Å². The highest BCUT2D eigenvalue weighted by atomic mass is 35.5. The third kappa shape index (κ3) is 5.26. The van der Waals surface area contributed by atoms with Crippen LogP contribution in [0.15, 0.2) is 66.7 Å². The first kappa shape index (κ1) is 21.8. The van der Waals surface area contributed by atoms with Crippen molar-refractivity contribution in [2.45, 2.75) is 25.1 Å². The molecule has 4 rings (SSSR count). The smallest absolute Gasteiger partial charge is 0.224 e. The molecule has 0 aliphatic carbocycles. The van der Waals surface area contributed by atoms with Gasteiger partial charge in [-0.25, -0.2) is 12.7 Å². The van der Waals surface area contributed by atoms with Gasteiger partial charge < -0.3 is 5.32 Å². The average Bonchev–Trinajstić information content (AvgIpc) is 2.79. The standard InChI is InChI=1S/C24H25ClN2O3S/c25-22-12-10-18(11-13-22)17-31(29,30)27-14-4-8-21(16-27)24(28)26-15-20-7-3-6-19-5-1-2-9-23(19)20/h1-3,5-7,9-13,21H,4,8,14-17H2,(H,26,28)/t21-/m0/s1. The summed E-state index contributed by atoms with van der Waals surface area (Å²) in [7, 11) is -3.50. The summed E-state index contributed by atoms with van der Waals surface area (Å²) in [5.41, 5.74) is 1.74. The van der Waals surface area contributed by atoms with Gasteiger partial charge in [0.1, 0.15) is 0 Å². The second-order valence-corrected chi connectivity index (χ2v) is 10.3. The molecular weight excluding hydrogens is 432 g/mol. The number of hydrogen-bond donors (Lipinski definition) is 1. The number of rotatable bonds is 6. The van der Waals surface area contributed by atoms with E-state index in [-0.39, 0.29) is 24.1 Å². The van der Waals surface area contributed by atoms with Gasteiger partial charge in [-0.1, -0.05) is 66.2 Å². The number of amides is 1. The molecule has 1 amide bonds. The van der Waals surface area contributed by atoms with Crippen LogP contribution < -0.4 is 5.32 Å². The second-order valence-electron chi connectivity index (χ2n) is 7.94. The van der Waals surface area contributed by atoms with Gasteiger partial charge in [-0.15, -0.1) is 0 Å². The number of nitrogens with zero attached hydrogens (tertiary/aromatic N) is 1. The molecule has 1 saturated heterocycles. The van der Waals surface area contributed by atoms with Crippen LogP contribution in [0.4, 0.5) is 0 Å². The summed E-state index contributed by atoms with van der Waals surface area (Å²) < 4.78 is 27.2. The van der Waals surface area contributed by atoms with E-state index in [0.29, 0.717) is 36.5 Å². The van der Waals surface area contributed by atoms with Crippen LogP contribution in [0, 0.1) is 5.92 Å². The van der Waals surface area contributed by atoms with Crippen LogP contribution in [0.5, 0.6) is 0 Å². The number of carbonyl (C=O) groups is 1. The lowest BCUT2D eigenvalue weighted by molar-refractivity contribution is -0.126. The number of fused-ring (bicyclic) bond motifs is 1. The van der Waals surface area contributed by atoms with Crippen LogP contribution in [-0.2, 0) is 27.1 Å². The van der Waals surface area contributed by atoms with Crippen LogP contribution in [0.25, 0.3) is 10.8 Å². The first-order valence-corrected chi connectivity index (χ1v) is 12.4. The predicted molar refractivity (Wildman–Crippen MR) is 124 cm³/mol. The zero-order valence-electron chi connectivity index (χ0n) is 17.1. The highest BCUT2D eigenvalue weighted by Gasteiger charge is 2.32. The van der Waals surface area contributed by atoms with E-state index in [0.717, 1.165) is 16.3 Å². The van der Waals surface area contributed by atoms with Crippen molar-refractivity contribution in [2.24, 2.45) is 5.92 Å². The maximum absolute atomic E-state index is 12.9. The Morgan fingerprint density at radius 3 is 2.58 bits per heavy atom. The van der Waals surface area contributed by atoms with Crippen LogP contribution in [0.3, 0.4) is 0 Å². The number of piperidine rings is 1. The fourth-order valence-electron chi connectivity index (χ4n) is 4.06. The minimum atomic E-state index is -3.50. The number of carbonyl (C=O) groups excluding carboxylic acids is 1. The highest BCUT2D eigenvalue weighted by molar-refractivity contribution is 7.88. The molecule has 0 aromatic heterocycles. The largest absolute Gasteiger partial charge is 0.352 e. The molecule has 5 nitrogen and oxygen atoms in total. The Morgan fingerprint density at radius 2 is 1.77 bits per heavy atom. The quantitative estimate of drug-likeness (QED) is 0.599. The molecule has 0 unspecified atom stereocenters. The number of hydrogen-bond acceptors (Lipinski definition) is 3. The lowest BCUT2D eigenvalue weighted by atomic mass is 9.98. The Hall–Kier alpha value is -2.41. The van der Waals surface area contributed by atoms with Gasteiger partial charge in [0.05, 0.1) is 11.7 Å². The molecular formula is C24H25ClN2O3S. The predicted octanol–water partition coefficient (Wildman–Crippen LogP) is 4.35. The van der Waals surface area contributed by atoms with Crippen molar-refractivity contribution in [1.29, 1.82) is 0 Å². The molecule has 162 valence electrons. The van der Waals surface area contributed by atoms with Crippen molar-refractivity contribution in [3.8, 4) is 0 Å². The first-order valence-electron chi connectivity index (χ1n) is 10.4. The molecule has 1 aliphatic rings. The topological polar surface area (TPSA) is 66.5 Å². The van der Waals surface area contributed by atoms with Crippen molar-refractivity contribution < 1.29 is 13.2 Å². The maximum Gasteiger partial charge on any atom is 0.224 e. The minimum Gasteiger partial charge on any atom is -0.352 e. The molecule has 0 saturated carbocycles. The molecule has 0 spiro atoms. The molecule has 1 N–H and O–H groups in total. The van der Waals surface area contributed by atoms with Crippen molar-refractivity contribution in [3.05, 3.63) is 82.9 Å². The summed E-state index contributed by atoms with van der Waals surface area (Å²) in [6.07, 6.45) is 1.36. The SMILES string of the molecule is O=C(NCc1cccc2ccccc12)[C@H]1CCCN(S(=O)(=O)Cc2ccc(Cl)cc2)C1. The van der Waals surface area contributed by atoms with Gasteiger partial charge in [-0.3, -0.25) is 4.79 Å². The Balaban J connectivity index is 1.39. The van der Waals surface area contributed by atoms with Gasteiger partial charge in [0.2, 0.25) is 15.9 Å². The average molecular weight is 457 g/mol. The summed E-state index contributed by atoms with van der Waals surface area (Å²) >= 11 is 5.89. The molecule has 1 atom stereocenters. The minimum absolute atomic E-state index is 0.0888. The fraction of sp³-hybridized carbons (Fsp3) is 0.292. The van der Waals surface area contributed by atoms with E-state index in [1.54, 1.807) is 24.3 Å². The Bertz CT molecular complexity index is 1170. The Kier molecular flexibility index (Phi) is 6.60. The van der Waals surface area contributed by atoms with Crippen molar-refractivity contribution in [3.63, 3.8) is 0 Å². The third-order valence-electron chi connectivity index (χ3n) is 5.74. The van der Waals surface area contributed by atoms with Crippen LogP contribution in [-0.4, -0.2) is 31.7 Å². The van der Waals surface area contributed by atoms with Crippen LogP contribution in [0.2, 0.25) is 5.02 Å². The monoisotopic (exact) mass is 456 g/mol. The van der Waals surface area contributed by atoms with Gasteiger partial charge in [0.15, 0.2) is 0 Å². The Morgan fingerprint density at radius 1 is 1.03 bits per heavy atom. The summed E-state index contributed by atoms with van der Waals surface area (Å²) in [5, 5.41) is 5.83. The normalized spacial score (nSPS) is 17.5. The lowest BCUT2D eigenvalue weighted by Gasteiger charge is -2.31. The molecule has 1 heterocycles. The van der Waals surface area contributed by atoms with E-state index in [9.17, 15) is 13.2 Å². The van der Waals surface area contributed by atoms with Gasteiger partial charge in [-0.2, -0.15) is 0 Å². The van der Waals surface area contributed by atoms with Gasteiger partial charge in [0.25, 0.3) is 0 Å². The second kappa shape index (κ2) is 9.39. The molecule has 0 bridgehead atoms. The van der Waals surface area contributed by atoms with Gasteiger partial charge in [0, 0.05) is 24.7 Å². The summed E-state index contributed by atoms with van der Waals surface area (Å²) in [5.74, 6) is -0.530. The fourth-order valence-corrected chi connectivity index (χ4v) is 5.80. The number of nitrogens with one attached hydrogen (secondary N) is 1. The number of sulfonamides is 1. The zero-order chi connectivity index (χ0) is 21.8. The van der Waals surface area contributed by atoms with Crippen molar-refractivity contribution in [1.82, 2.24) is 9.62 Å². The number of halogens is 1. The van der Waals surface area contributed by atoms with E-state index in [4.69, 9.17) is 11.6 Å². The molecule has 7 heteroatoms. The first-order chi connectivity index (χ1) is 14.9. The maximum atomic E-state index is 12.9. The van der Waals surface area contributed by atoms with Gasteiger partial charge >= 0.3 is 0 Å². The van der Waals surface area contributed by atoms with Crippen molar-refractivity contribution in [2.75, 3.05) is 13.1 Å². The zero-order valence-corrected chi connectivity index (χ0v) is 18.7. The van der Waals surface area contributed by atoms with Crippen molar-refractivity contribution >= 4 is 38.3 Å². The number of benzene rings is 3. The Labute approximate surface area is 188 Å². The van der Waals surface area contributed by atoms with Gasteiger partial charge in [-0.05, 0) is 46.9 Å². The lowest BCUT2D eigenvalue weighted by Crippen LogP contribution is -2.45. The summed E-state index contributed by atoms with van der Waals surface area (Å²) in [6, 6.07) is 20.9. The summed E-state index contributed by atoms with van der Waals surface area (Å²) in [6.45, 7) is 1.09. The summed E-state index contributed by atoms with van der Waals surface area (Å²) in [4.78, 5) is 12.8. The molecule has 1 fully saturated rings. The third-order valence-corrected chi connectivity index (χ3v) is 7.81. The molecule has 3 aromatic carbocycles. The van der Waals surface area contributed by atoms with E-state index >= 15 is 0 Å². The van der Waals surface area contributed by atoms with E-state index in [1.807, 2.05) is 42.5 Å². The van der Waals surface area contributed by atoms with Crippen LogP contribution >= 0.6 is 11.6 Å². The van der Waals surface area contributed by atoms with E-state index < -0.39 is 10.0 Å². The molecule has 3 aromatic rings. The molecule has 31 heavy (non-hydrogen) atoms.